The zero-order chi connectivity index (χ0) is 18.6. The fraction of sp³-hybridized carbons (Fsp3) is 0.444. The molecule has 1 aliphatic heterocycles. The standard InChI is InChI=1S/C18H21N3O4/c1-11(2)15(17(23)21-8-4-7-14(21)18(24)25)20-16(22)13-6-3-5-12(9-13)10-19/h3,5-6,9,11,14-15H,4,7-8H2,1-2H3,(H,20,22)(H,24,25)/t14-,15?/m0/s1. The van der Waals surface area contributed by atoms with Crippen molar-refractivity contribution in [1.29, 1.82) is 5.26 Å². The van der Waals surface area contributed by atoms with Crippen LogP contribution in [0, 0.1) is 17.2 Å². The number of carbonyl (C=O) groups excluding carboxylic acids is 2. The van der Waals surface area contributed by atoms with E-state index in [2.05, 4.69) is 5.32 Å². The van der Waals surface area contributed by atoms with Gasteiger partial charge in [-0.05, 0) is 37.0 Å². The minimum atomic E-state index is -1.03. The molecule has 2 rings (SSSR count). The first-order valence-corrected chi connectivity index (χ1v) is 8.19. The molecule has 1 heterocycles. The number of carboxylic acid groups (broad SMARTS) is 1. The number of aliphatic carboxylic acids is 1. The maximum atomic E-state index is 12.8. The summed E-state index contributed by atoms with van der Waals surface area (Å²) in [6, 6.07) is 6.50. The van der Waals surface area contributed by atoms with Crippen LogP contribution >= 0.6 is 0 Å². The monoisotopic (exact) mass is 343 g/mol. The van der Waals surface area contributed by atoms with Crippen molar-refractivity contribution < 1.29 is 19.5 Å². The van der Waals surface area contributed by atoms with Crippen molar-refractivity contribution in [3.05, 3.63) is 35.4 Å². The smallest absolute Gasteiger partial charge is 0.326 e. The number of carbonyl (C=O) groups is 3. The Labute approximate surface area is 146 Å². The van der Waals surface area contributed by atoms with Gasteiger partial charge in [0, 0.05) is 12.1 Å². The minimum Gasteiger partial charge on any atom is -0.480 e. The number of benzene rings is 1. The summed E-state index contributed by atoms with van der Waals surface area (Å²) in [6.45, 7) is 3.96. The molecule has 0 spiro atoms. The average molecular weight is 343 g/mol. The van der Waals surface area contributed by atoms with Crippen LogP contribution in [0.15, 0.2) is 24.3 Å². The largest absolute Gasteiger partial charge is 0.480 e. The van der Waals surface area contributed by atoms with Crippen molar-refractivity contribution in [2.75, 3.05) is 6.54 Å². The number of likely N-dealkylation sites (tertiary alicyclic amines) is 1. The van der Waals surface area contributed by atoms with Crippen LogP contribution in [0.2, 0.25) is 0 Å². The summed E-state index contributed by atoms with van der Waals surface area (Å²) in [7, 11) is 0. The Balaban J connectivity index is 2.17. The van der Waals surface area contributed by atoms with Gasteiger partial charge in [-0.1, -0.05) is 19.9 Å². The second kappa shape index (κ2) is 7.79. The molecule has 0 aliphatic carbocycles. The molecule has 0 radical (unpaired) electrons. The van der Waals surface area contributed by atoms with Crippen LogP contribution in [0.1, 0.15) is 42.6 Å². The van der Waals surface area contributed by atoms with E-state index in [9.17, 15) is 19.5 Å². The molecular formula is C18H21N3O4. The summed E-state index contributed by atoms with van der Waals surface area (Å²) >= 11 is 0. The normalized spacial score (nSPS) is 17.8. The lowest BCUT2D eigenvalue weighted by atomic mass is 10.0. The third-order valence-electron chi connectivity index (χ3n) is 4.29. The Hall–Kier alpha value is -2.88. The van der Waals surface area contributed by atoms with E-state index < -0.39 is 24.0 Å². The molecule has 2 N–H and O–H groups in total. The van der Waals surface area contributed by atoms with Crippen LogP contribution < -0.4 is 5.32 Å². The average Bonchev–Trinajstić information content (AvgIpc) is 3.08. The Kier molecular flexibility index (Phi) is 5.75. The van der Waals surface area contributed by atoms with Crippen LogP contribution in [0.25, 0.3) is 0 Å². The summed E-state index contributed by atoms with van der Waals surface area (Å²) < 4.78 is 0. The fourth-order valence-corrected chi connectivity index (χ4v) is 2.93. The van der Waals surface area contributed by atoms with Gasteiger partial charge in [-0.3, -0.25) is 9.59 Å². The molecule has 132 valence electrons. The van der Waals surface area contributed by atoms with E-state index in [1.165, 1.54) is 11.0 Å². The minimum absolute atomic E-state index is 0.203. The number of nitrogens with zero attached hydrogens (tertiary/aromatic N) is 2. The summed E-state index contributed by atoms with van der Waals surface area (Å²) in [4.78, 5) is 37.9. The number of nitriles is 1. The van der Waals surface area contributed by atoms with Crippen molar-refractivity contribution in [3.63, 3.8) is 0 Å². The van der Waals surface area contributed by atoms with Crippen LogP contribution in [-0.2, 0) is 9.59 Å². The maximum Gasteiger partial charge on any atom is 0.326 e. The molecule has 1 aromatic rings. The second-order valence-corrected chi connectivity index (χ2v) is 6.42. The van der Waals surface area contributed by atoms with Crippen molar-refractivity contribution in [2.24, 2.45) is 5.92 Å². The van der Waals surface area contributed by atoms with Crippen LogP contribution in [-0.4, -0.2) is 46.4 Å². The zero-order valence-electron chi connectivity index (χ0n) is 14.2. The molecule has 0 bridgehead atoms. The van der Waals surface area contributed by atoms with Gasteiger partial charge in [0.25, 0.3) is 5.91 Å². The van der Waals surface area contributed by atoms with E-state index in [0.717, 1.165) is 0 Å². The topological polar surface area (TPSA) is 111 Å². The highest BCUT2D eigenvalue weighted by atomic mass is 16.4. The number of hydrogen-bond donors (Lipinski definition) is 2. The lowest BCUT2D eigenvalue weighted by Gasteiger charge is -2.29. The fourth-order valence-electron chi connectivity index (χ4n) is 2.93. The SMILES string of the molecule is CC(C)C(NC(=O)c1cccc(C#N)c1)C(=O)N1CCC[C@H]1C(=O)O. The summed E-state index contributed by atoms with van der Waals surface area (Å²) in [6.07, 6.45) is 1.05. The molecule has 1 aromatic carbocycles. The van der Waals surface area contributed by atoms with Crippen LogP contribution in [0.4, 0.5) is 0 Å². The van der Waals surface area contributed by atoms with Gasteiger partial charge in [-0.25, -0.2) is 4.79 Å². The highest BCUT2D eigenvalue weighted by molar-refractivity contribution is 5.98. The molecule has 0 aromatic heterocycles. The number of amides is 2. The Morgan fingerprint density at radius 3 is 2.68 bits per heavy atom. The molecule has 7 heteroatoms. The Morgan fingerprint density at radius 1 is 1.36 bits per heavy atom. The van der Waals surface area contributed by atoms with E-state index >= 15 is 0 Å². The molecule has 25 heavy (non-hydrogen) atoms. The number of hydrogen-bond acceptors (Lipinski definition) is 4. The predicted octanol–water partition coefficient (Wildman–Crippen LogP) is 1.39. The highest BCUT2D eigenvalue weighted by Gasteiger charge is 2.38. The van der Waals surface area contributed by atoms with Gasteiger partial charge in [0.05, 0.1) is 11.6 Å². The van der Waals surface area contributed by atoms with Gasteiger partial charge in [-0.15, -0.1) is 0 Å². The predicted molar refractivity (Wildman–Crippen MR) is 89.6 cm³/mol. The summed E-state index contributed by atoms with van der Waals surface area (Å²) in [5, 5.41) is 20.9. The first-order valence-electron chi connectivity index (χ1n) is 8.19. The first-order chi connectivity index (χ1) is 11.8. The molecule has 1 unspecified atom stereocenters. The maximum absolute atomic E-state index is 12.8. The van der Waals surface area contributed by atoms with Crippen molar-refractivity contribution in [3.8, 4) is 6.07 Å². The molecular weight excluding hydrogens is 322 g/mol. The third-order valence-corrected chi connectivity index (χ3v) is 4.29. The quantitative estimate of drug-likeness (QED) is 0.839. The Morgan fingerprint density at radius 2 is 2.08 bits per heavy atom. The molecule has 1 aliphatic rings. The van der Waals surface area contributed by atoms with Gasteiger partial charge in [0.2, 0.25) is 5.91 Å². The molecule has 0 saturated carbocycles. The van der Waals surface area contributed by atoms with E-state index in [1.807, 2.05) is 6.07 Å². The van der Waals surface area contributed by atoms with Gasteiger partial charge >= 0.3 is 5.97 Å². The number of rotatable bonds is 5. The summed E-state index contributed by atoms with van der Waals surface area (Å²) in [5.41, 5.74) is 0.638. The van der Waals surface area contributed by atoms with E-state index in [0.29, 0.717) is 24.9 Å². The molecule has 1 saturated heterocycles. The Bertz CT molecular complexity index is 723. The van der Waals surface area contributed by atoms with Crippen molar-refractivity contribution in [2.45, 2.75) is 38.8 Å². The third kappa shape index (κ3) is 4.15. The molecule has 1 fully saturated rings. The molecule has 7 nitrogen and oxygen atoms in total. The zero-order valence-corrected chi connectivity index (χ0v) is 14.2. The number of carboxylic acids is 1. The van der Waals surface area contributed by atoms with Gasteiger partial charge in [-0.2, -0.15) is 5.26 Å². The lowest BCUT2D eigenvalue weighted by molar-refractivity contribution is -0.149. The highest BCUT2D eigenvalue weighted by Crippen LogP contribution is 2.20. The van der Waals surface area contributed by atoms with Gasteiger partial charge < -0.3 is 15.3 Å². The molecule has 2 atom stereocenters. The van der Waals surface area contributed by atoms with E-state index in [1.54, 1.807) is 32.0 Å². The second-order valence-electron chi connectivity index (χ2n) is 6.42. The van der Waals surface area contributed by atoms with Crippen molar-refractivity contribution in [1.82, 2.24) is 10.2 Å². The molecule has 2 amide bonds. The van der Waals surface area contributed by atoms with E-state index in [4.69, 9.17) is 5.26 Å². The number of nitrogens with one attached hydrogen (secondary N) is 1. The van der Waals surface area contributed by atoms with Crippen molar-refractivity contribution >= 4 is 17.8 Å². The first kappa shape index (κ1) is 18.5. The van der Waals surface area contributed by atoms with Gasteiger partial charge in [0.15, 0.2) is 0 Å². The van der Waals surface area contributed by atoms with E-state index in [-0.39, 0.29) is 17.4 Å². The summed E-state index contributed by atoms with van der Waals surface area (Å²) in [5.74, 6) is -2.08. The van der Waals surface area contributed by atoms with Crippen LogP contribution in [0.5, 0.6) is 0 Å². The lowest BCUT2D eigenvalue weighted by Crippen LogP contribution is -2.53. The van der Waals surface area contributed by atoms with Crippen LogP contribution in [0.3, 0.4) is 0 Å². The van der Waals surface area contributed by atoms with Gasteiger partial charge in [0.1, 0.15) is 12.1 Å².